The first kappa shape index (κ1) is 14.6. The summed E-state index contributed by atoms with van der Waals surface area (Å²) in [6.45, 7) is 0.391. The molecule has 1 aliphatic heterocycles. The largest absolute Gasteiger partial charge is 0.480 e. The molecule has 4 nitrogen and oxygen atoms in total. The van der Waals surface area contributed by atoms with Gasteiger partial charge in [0.1, 0.15) is 11.9 Å². The molecular formula is C14H14FNO3S. The molecule has 6 heteroatoms. The van der Waals surface area contributed by atoms with Gasteiger partial charge in [-0.15, -0.1) is 0 Å². The highest BCUT2D eigenvalue weighted by atomic mass is 32.2. The number of rotatable bonds is 3. The van der Waals surface area contributed by atoms with Crippen LogP contribution >= 0.6 is 11.8 Å². The van der Waals surface area contributed by atoms with Gasteiger partial charge in [0, 0.05) is 29.7 Å². The Hall–Kier alpha value is -1.82. The van der Waals surface area contributed by atoms with Crippen molar-refractivity contribution in [1.82, 2.24) is 4.90 Å². The summed E-state index contributed by atoms with van der Waals surface area (Å²) in [5.74, 6) is -0.733. The van der Waals surface area contributed by atoms with Crippen LogP contribution in [0.4, 0.5) is 4.39 Å². The van der Waals surface area contributed by atoms with Gasteiger partial charge in [-0.3, -0.25) is 4.79 Å². The minimum atomic E-state index is -1.01. The van der Waals surface area contributed by atoms with Gasteiger partial charge in [0.25, 0.3) is 0 Å². The molecule has 0 aromatic heterocycles. The van der Waals surface area contributed by atoms with Crippen molar-refractivity contribution in [2.75, 3.05) is 18.1 Å². The highest BCUT2D eigenvalue weighted by molar-refractivity contribution is 7.99. The average molecular weight is 295 g/mol. The molecule has 0 bridgehead atoms. The SMILES string of the molecule is O=C(O)C1CSCCN1C(=O)/C=C/c1ccccc1F. The van der Waals surface area contributed by atoms with Crippen molar-refractivity contribution in [1.29, 1.82) is 0 Å². The second-order valence-electron chi connectivity index (χ2n) is 4.32. The smallest absolute Gasteiger partial charge is 0.327 e. The molecule has 2 rings (SSSR count). The Bertz CT molecular complexity index is 547. The van der Waals surface area contributed by atoms with E-state index in [4.69, 9.17) is 5.11 Å². The van der Waals surface area contributed by atoms with Crippen molar-refractivity contribution < 1.29 is 19.1 Å². The number of halogens is 1. The van der Waals surface area contributed by atoms with Crippen LogP contribution in [-0.4, -0.2) is 46.0 Å². The lowest BCUT2D eigenvalue weighted by Crippen LogP contribution is -2.49. The molecule has 1 N–H and O–H groups in total. The maximum absolute atomic E-state index is 13.4. The number of carbonyl (C=O) groups excluding carboxylic acids is 1. The fourth-order valence-corrected chi connectivity index (χ4v) is 2.98. The first-order chi connectivity index (χ1) is 9.59. The molecule has 1 atom stereocenters. The number of aliphatic carboxylic acids is 1. The number of carboxylic acid groups (broad SMARTS) is 1. The average Bonchev–Trinajstić information content (AvgIpc) is 2.46. The van der Waals surface area contributed by atoms with Crippen LogP contribution in [0.15, 0.2) is 30.3 Å². The summed E-state index contributed by atoms with van der Waals surface area (Å²) in [5, 5.41) is 9.10. The Labute approximate surface area is 120 Å². The number of hydrogen-bond acceptors (Lipinski definition) is 3. The summed E-state index contributed by atoms with van der Waals surface area (Å²) < 4.78 is 13.4. The summed E-state index contributed by atoms with van der Waals surface area (Å²) in [4.78, 5) is 24.5. The predicted molar refractivity (Wildman–Crippen MR) is 75.9 cm³/mol. The van der Waals surface area contributed by atoms with Gasteiger partial charge >= 0.3 is 5.97 Å². The molecule has 1 heterocycles. The monoisotopic (exact) mass is 295 g/mol. The van der Waals surface area contributed by atoms with E-state index in [0.29, 0.717) is 23.6 Å². The zero-order valence-electron chi connectivity index (χ0n) is 10.7. The molecule has 20 heavy (non-hydrogen) atoms. The van der Waals surface area contributed by atoms with Gasteiger partial charge in [-0.25, -0.2) is 9.18 Å². The number of carboxylic acids is 1. The fourth-order valence-electron chi connectivity index (χ4n) is 1.94. The highest BCUT2D eigenvalue weighted by Gasteiger charge is 2.31. The van der Waals surface area contributed by atoms with Crippen LogP contribution in [0.2, 0.25) is 0 Å². The fraction of sp³-hybridized carbons (Fsp3) is 0.286. The minimum absolute atomic E-state index is 0.305. The number of thioether (sulfide) groups is 1. The Morgan fingerprint density at radius 3 is 2.85 bits per heavy atom. The molecule has 1 fully saturated rings. The standard InChI is InChI=1S/C14H14FNO3S/c15-11-4-2-1-3-10(11)5-6-13(17)16-7-8-20-9-12(16)14(18)19/h1-6,12H,7-9H2,(H,18,19)/b6-5+. The van der Waals surface area contributed by atoms with Crippen LogP contribution in [0.5, 0.6) is 0 Å². The van der Waals surface area contributed by atoms with Gasteiger partial charge in [-0.1, -0.05) is 18.2 Å². The van der Waals surface area contributed by atoms with Crippen molar-refractivity contribution >= 4 is 29.7 Å². The van der Waals surface area contributed by atoms with E-state index in [1.54, 1.807) is 18.2 Å². The van der Waals surface area contributed by atoms with E-state index in [1.165, 1.54) is 34.9 Å². The molecule has 0 spiro atoms. The van der Waals surface area contributed by atoms with Crippen LogP contribution in [0.1, 0.15) is 5.56 Å². The first-order valence-electron chi connectivity index (χ1n) is 6.13. The normalized spacial score (nSPS) is 19.2. The Morgan fingerprint density at radius 2 is 2.15 bits per heavy atom. The molecule has 1 aromatic rings. The van der Waals surface area contributed by atoms with Crippen molar-refractivity contribution in [2.24, 2.45) is 0 Å². The topological polar surface area (TPSA) is 57.6 Å². The highest BCUT2D eigenvalue weighted by Crippen LogP contribution is 2.17. The van der Waals surface area contributed by atoms with E-state index < -0.39 is 23.7 Å². The summed E-state index contributed by atoms with van der Waals surface area (Å²) in [5.41, 5.74) is 0.305. The zero-order chi connectivity index (χ0) is 14.5. The lowest BCUT2D eigenvalue weighted by Gasteiger charge is -2.31. The van der Waals surface area contributed by atoms with Gasteiger partial charge in [0.15, 0.2) is 0 Å². The van der Waals surface area contributed by atoms with Crippen LogP contribution in [0, 0.1) is 5.82 Å². The maximum Gasteiger partial charge on any atom is 0.327 e. The second-order valence-corrected chi connectivity index (χ2v) is 5.47. The third-order valence-corrected chi connectivity index (χ3v) is 4.03. The third kappa shape index (κ3) is 3.39. The number of carbonyl (C=O) groups is 2. The molecular weight excluding hydrogens is 281 g/mol. The molecule has 1 saturated heterocycles. The van der Waals surface area contributed by atoms with E-state index >= 15 is 0 Å². The van der Waals surface area contributed by atoms with Gasteiger partial charge in [-0.05, 0) is 12.1 Å². The van der Waals surface area contributed by atoms with Crippen LogP contribution in [0.25, 0.3) is 6.08 Å². The lowest BCUT2D eigenvalue weighted by molar-refractivity contribution is -0.147. The van der Waals surface area contributed by atoms with E-state index in [-0.39, 0.29) is 0 Å². The number of benzene rings is 1. The summed E-state index contributed by atoms with van der Waals surface area (Å²) >= 11 is 1.51. The van der Waals surface area contributed by atoms with E-state index in [1.807, 2.05) is 0 Å². The van der Waals surface area contributed by atoms with Gasteiger partial charge in [-0.2, -0.15) is 11.8 Å². The van der Waals surface area contributed by atoms with Gasteiger partial charge in [0.2, 0.25) is 5.91 Å². The Balaban J connectivity index is 2.10. The number of nitrogens with zero attached hydrogens (tertiary/aromatic N) is 1. The molecule has 1 aromatic carbocycles. The minimum Gasteiger partial charge on any atom is -0.480 e. The van der Waals surface area contributed by atoms with Crippen LogP contribution in [0.3, 0.4) is 0 Å². The van der Waals surface area contributed by atoms with Crippen LogP contribution in [-0.2, 0) is 9.59 Å². The Morgan fingerprint density at radius 1 is 1.40 bits per heavy atom. The van der Waals surface area contributed by atoms with E-state index in [9.17, 15) is 14.0 Å². The van der Waals surface area contributed by atoms with Crippen molar-refractivity contribution in [3.8, 4) is 0 Å². The quantitative estimate of drug-likeness (QED) is 0.865. The zero-order valence-corrected chi connectivity index (χ0v) is 11.5. The summed E-state index contributed by atoms with van der Waals surface area (Å²) in [7, 11) is 0. The Kier molecular flexibility index (Phi) is 4.79. The number of amides is 1. The second kappa shape index (κ2) is 6.56. The van der Waals surface area contributed by atoms with E-state index in [2.05, 4.69) is 0 Å². The molecule has 106 valence electrons. The maximum atomic E-state index is 13.4. The van der Waals surface area contributed by atoms with Crippen molar-refractivity contribution in [3.05, 3.63) is 41.7 Å². The van der Waals surface area contributed by atoms with Crippen LogP contribution < -0.4 is 0 Å². The first-order valence-corrected chi connectivity index (χ1v) is 7.29. The molecule has 0 saturated carbocycles. The van der Waals surface area contributed by atoms with Crippen molar-refractivity contribution in [3.63, 3.8) is 0 Å². The molecule has 0 radical (unpaired) electrons. The van der Waals surface area contributed by atoms with Gasteiger partial charge < -0.3 is 10.0 Å². The molecule has 1 aliphatic rings. The van der Waals surface area contributed by atoms with E-state index in [0.717, 1.165) is 0 Å². The lowest BCUT2D eigenvalue weighted by atomic mass is 10.2. The molecule has 0 aliphatic carbocycles. The summed E-state index contributed by atoms with van der Waals surface area (Å²) in [6.07, 6.45) is 2.60. The molecule has 1 unspecified atom stereocenters. The third-order valence-electron chi connectivity index (χ3n) is 3.01. The van der Waals surface area contributed by atoms with Gasteiger partial charge in [0.05, 0.1) is 0 Å². The predicted octanol–water partition coefficient (Wildman–Crippen LogP) is 1.87. The number of hydrogen-bond donors (Lipinski definition) is 1. The summed E-state index contributed by atoms with van der Waals surface area (Å²) in [6, 6.07) is 5.29. The molecule has 1 amide bonds. The van der Waals surface area contributed by atoms with Crippen molar-refractivity contribution in [2.45, 2.75) is 6.04 Å².